The van der Waals surface area contributed by atoms with E-state index in [1.807, 2.05) is 0 Å². The van der Waals surface area contributed by atoms with Crippen LogP contribution >= 0.6 is 0 Å². The average Bonchev–Trinajstić information content (AvgIpc) is 2.69. The molecule has 0 spiro atoms. The number of benzene rings is 1. The van der Waals surface area contributed by atoms with Crippen molar-refractivity contribution in [2.45, 2.75) is 12.6 Å². The SMILES string of the molecule is C=CC1CC(=O)N(c2ccc(C(F)(F)F)cc2F)C1. The molecule has 102 valence electrons. The molecule has 1 fully saturated rings. The standard InChI is InChI=1S/C13H11F4NO/c1-2-8-5-12(19)18(7-8)11-4-3-9(6-10(11)14)13(15,16)17/h2-4,6,8H,1,5,7H2. The van der Waals surface area contributed by atoms with Crippen molar-refractivity contribution in [2.75, 3.05) is 11.4 Å². The maximum atomic E-state index is 13.7. The molecule has 1 amide bonds. The number of hydrogen-bond acceptors (Lipinski definition) is 1. The third kappa shape index (κ3) is 2.62. The van der Waals surface area contributed by atoms with Gasteiger partial charge in [0.1, 0.15) is 5.82 Å². The number of carbonyl (C=O) groups is 1. The molecule has 6 heteroatoms. The number of carbonyl (C=O) groups excluding carboxylic acids is 1. The Morgan fingerprint density at radius 2 is 2.05 bits per heavy atom. The maximum absolute atomic E-state index is 13.7. The van der Waals surface area contributed by atoms with Crippen LogP contribution in [0.4, 0.5) is 23.2 Å². The Kier molecular flexibility index (Phi) is 3.34. The second-order valence-electron chi connectivity index (χ2n) is 4.37. The van der Waals surface area contributed by atoms with E-state index in [4.69, 9.17) is 0 Å². The Hall–Kier alpha value is -1.85. The molecule has 1 atom stereocenters. The van der Waals surface area contributed by atoms with Gasteiger partial charge in [-0.3, -0.25) is 4.79 Å². The van der Waals surface area contributed by atoms with Gasteiger partial charge in [-0.15, -0.1) is 6.58 Å². The van der Waals surface area contributed by atoms with E-state index in [9.17, 15) is 22.4 Å². The lowest BCUT2D eigenvalue weighted by Gasteiger charge is -2.18. The van der Waals surface area contributed by atoms with E-state index < -0.39 is 17.6 Å². The van der Waals surface area contributed by atoms with Crippen molar-refractivity contribution in [1.82, 2.24) is 0 Å². The summed E-state index contributed by atoms with van der Waals surface area (Å²) in [4.78, 5) is 12.8. The summed E-state index contributed by atoms with van der Waals surface area (Å²) in [6, 6.07) is 2.16. The third-order valence-corrected chi connectivity index (χ3v) is 3.05. The minimum atomic E-state index is -4.60. The van der Waals surface area contributed by atoms with E-state index in [1.54, 1.807) is 6.08 Å². The van der Waals surface area contributed by atoms with E-state index in [0.29, 0.717) is 6.07 Å². The lowest BCUT2D eigenvalue weighted by atomic mass is 10.1. The van der Waals surface area contributed by atoms with Crippen LogP contribution in [0.5, 0.6) is 0 Å². The fourth-order valence-corrected chi connectivity index (χ4v) is 2.03. The molecule has 2 nitrogen and oxygen atoms in total. The molecular weight excluding hydrogens is 262 g/mol. The highest BCUT2D eigenvalue weighted by atomic mass is 19.4. The van der Waals surface area contributed by atoms with Crippen LogP contribution in [0.1, 0.15) is 12.0 Å². The van der Waals surface area contributed by atoms with Gasteiger partial charge in [0.2, 0.25) is 5.91 Å². The van der Waals surface area contributed by atoms with Crippen molar-refractivity contribution in [3.8, 4) is 0 Å². The second-order valence-corrected chi connectivity index (χ2v) is 4.37. The largest absolute Gasteiger partial charge is 0.416 e. The topological polar surface area (TPSA) is 20.3 Å². The number of rotatable bonds is 2. The van der Waals surface area contributed by atoms with Crippen LogP contribution in [0, 0.1) is 11.7 Å². The monoisotopic (exact) mass is 273 g/mol. The van der Waals surface area contributed by atoms with Crippen molar-refractivity contribution in [3.63, 3.8) is 0 Å². The summed E-state index contributed by atoms with van der Waals surface area (Å²) in [5.74, 6) is -1.47. The first-order valence-electron chi connectivity index (χ1n) is 5.62. The van der Waals surface area contributed by atoms with Gasteiger partial charge in [-0.05, 0) is 18.2 Å². The smallest absolute Gasteiger partial charge is 0.309 e. The summed E-state index contributed by atoms with van der Waals surface area (Å²) in [5.41, 5.74) is -1.19. The molecule has 0 radical (unpaired) electrons. The van der Waals surface area contributed by atoms with Crippen LogP contribution in [0.3, 0.4) is 0 Å². The number of hydrogen-bond donors (Lipinski definition) is 0. The molecule has 2 rings (SSSR count). The van der Waals surface area contributed by atoms with Gasteiger partial charge in [-0.1, -0.05) is 6.08 Å². The molecule has 1 aliphatic rings. The van der Waals surface area contributed by atoms with Gasteiger partial charge in [-0.2, -0.15) is 13.2 Å². The summed E-state index contributed by atoms with van der Waals surface area (Å²) < 4.78 is 50.9. The molecule has 1 unspecified atom stereocenters. The number of alkyl halides is 3. The van der Waals surface area contributed by atoms with Crippen molar-refractivity contribution >= 4 is 11.6 Å². The summed E-state index contributed by atoms with van der Waals surface area (Å²) in [6.07, 6.45) is -2.82. The highest BCUT2D eigenvalue weighted by Crippen LogP contribution is 2.34. The summed E-state index contributed by atoms with van der Waals surface area (Å²) in [5, 5.41) is 0. The van der Waals surface area contributed by atoms with Gasteiger partial charge in [0.15, 0.2) is 0 Å². The molecule has 19 heavy (non-hydrogen) atoms. The number of amides is 1. The quantitative estimate of drug-likeness (QED) is 0.597. The molecule has 0 saturated carbocycles. The molecule has 1 aliphatic heterocycles. The van der Waals surface area contributed by atoms with Gasteiger partial charge in [0.05, 0.1) is 11.3 Å². The van der Waals surface area contributed by atoms with Crippen LogP contribution in [0.25, 0.3) is 0 Å². The molecule has 1 aromatic rings. The Labute approximate surface area is 107 Å². The zero-order valence-electron chi connectivity index (χ0n) is 9.88. The lowest BCUT2D eigenvalue weighted by Crippen LogP contribution is -2.25. The molecule has 0 N–H and O–H groups in total. The lowest BCUT2D eigenvalue weighted by molar-refractivity contribution is -0.137. The van der Waals surface area contributed by atoms with Crippen molar-refractivity contribution in [1.29, 1.82) is 0 Å². The normalized spacial score (nSPS) is 19.9. The first-order chi connectivity index (χ1) is 8.82. The Morgan fingerprint density at radius 3 is 2.53 bits per heavy atom. The fourth-order valence-electron chi connectivity index (χ4n) is 2.03. The van der Waals surface area contributed by atoms with Gasteiger partial charge in [-0.25, -0.2) is 4.39 Å². The molecular formula is C13H11F4NO. The summed E-state index contributed by atoms with van der Waals surface area (Å²) >= 11 is 0. The van der Waals surface area contributed by atoms with Crippen LogP contribution in [0.2, 0.25) is 0 Å². The van der Waals surface area contributed by atoms with Crippen molar-refractivity contribution in [3.05, 3.63) is 42.2 Å². The van der Waals surface area contributed by atoms with E-state index in [2.05, 4.69) is 6.58 Å². The highest BCUT2D eigenvalue weighted by Gasteiger charge is 2.34. The van der Waals surface area contributed by atoms with E-state index in [-0.39, 0.29) is 30.5 Å². The summed E-state index contributed by atoms with van der Waals surface area (Å²) in [7, 11) is 0. The second kappa shape index (κ2) is 4.68. The zero-order chi connectivity index (χ0) is 14.2. The van der Waals surface area contributed by atoms with Crippen LogP contribution in [-0.2, 0) is 11.0 Å². The minimum Gasteiger partial charge on any atom is -0.309 e. The van der Waals surface area contributed by atoms with E-state index in [1.165, 1.54) is 0 Å². The molecule has 0 bridgehead atoms. The predicted octanol–water partition coefficient (Wildman–Crippen LogP) is 3.38. The molecule has 1 heterocycles. The van der Waals surface area contributed by atoms with Crippen molar-refractivity contribution in [2.24, 2.45) is 5.92 Å². The van der Waals surface area contributed by atoms with Crippen LogP contribution in [0.15, 0.2) is 30.9 Å². The average molecular weight is 273 g/mol. The molecule has 1 aromatic carbocycles. The van der Waals surface area contributed by atoms with Crippen LogP contribution < -0.4 is 4.90 Å². The number of anilines is 1. The highest BCUT2D eigenvalue weighted by molar-refractivity contribution is 5.96. The third-order valence-electron chi connectivity index (χ3n) is 3.05. The van der Waals surface area contributed by atoms with E-state index in [0.717, 1.165) is 17.0 Å². The van der Waals surface area contributed by atoms with E-state index >= 15 is 0 Å². The van der Waals surface area contributed by atoms with Crippen molar-refractivity contribution < 1.29 is 22.4 Å². The Bertz CT molecular complexity index is 524. The Balaban J connectivity index is 2.32. The Morgan fingerprint density at radius 1 is 1.37 bits per heavy atom. The fraction of sp³-hybridized carbons (Fsp3) is 0.308. The first kappa shape index (κ1) is 13.6. The van der Waals surface area contributed by atoms with Gasteiger partial charge in [0.25, 0.3) is 0 Å². The number of nitrogens with zero attached hydrogens (tertiary/aromatic N) is 1. The molecule has 1 saturated heterocycles. The molecule has 0 aromatic heterocycles. The first-order valence-corrected chi connectivity index (χ1v) is 5.62. The van der Waals surface area contributed by atoms with Gasteiger partial charge >= 0.3 is 6.18 Å². The predicted molar refractivity (Wildman–Crippen MR) is 62.1 cm³/mol. The summed E-state index contributed by atoms with van der Waals surface area (Å²) in [6.45, 7) is 3.79. The molecule has 0 aliphatic carbocycles. The van der Waals surface area contributed by atoms with Gasteiger partial charge < -0.3 is 4.90 Å². The number of halogens is 4. The zero-order valence-corrected chi connectivity index (χ0v) is 9.88. The van der Waals surface area contributed by atoms with Crippen LogP contribution in [-0.4, -0.2) is 12.5 Å². The minimum absolute atomic E-state index is 0.103. The van der Waals surface area contributed by atoms with Gasteiger partial charge in [0, 0.05) is 18.9 Å². The maximum Gasteiger partial charge on any atom is 0.416 e.